The Hall–Kier alpha value is -2.25. The average molecular weight is 389 g/mol. The van der Waals surface area contributed by atoms with E-state index in [1.54, 1.807) is 42.7 Å². The Morgan fingerprint density at radius 1 is 1.08 bits per heavy atom. The molecule has 0 aliphatic rings. The van der Waals surface area contributed by atoms with Crippen molar-refractivity contribution in [3.63, 3.8) is 0 Å². The number of hydrogen-bond acceptors (Lipinski definition) is 4. The van der Waals surface area contributed by atoms with E-state index in [2.05, 4.69) is 10.3 Å². The lowest BCUT2D eigenvalue weighted by Crippen LogP contribution is -2.14. The van der Waals surface area contributed by atoms with Crippen LogP contribution in [-0.2, 0) is 24.2 Å². The number of pyridine rings is 1. The highest BCUT2D eigenvalue weighted by atomic mass is 35.5. The molecule has 0 aliphatic carbocycles. The van der Waals surface area contributed by atoms with E-state index in [1.165, 1.54) is 0 Å². The van der Waals surface area contributed by atoms with Crippen LogP contribution in [0, 0.1) is 0 Å². The number of halogens is 1. The van der Waals surface area contributed by atoms with Gasteiger partial charge < -0.3 is 14.6 Å². The van der Waals surface area contributed by atoms with Crippen molar-refractivity contribution >= 4 is 22.7 Å². The van der Waals surface area contributed by atoms with Crippen LogP contribution in [0.3, 0.4) is 0 Å². The molecule has 0 bridgehead atoms. The fourth-order valence-corrected chi connectivity index (χ4v) is 3.08. The summed E-state index contributed by atoms with van der Waals surface area (Å²) >= 11 is 3.81. The fraction of sp³-hybridized carbons (Fsp3) is 0.105. The number of rotatable bonds is 7. The quantitative estimate of drug-likeness (QED) is 0.587. The van der Waals surface area contributed by atoms with Gasteiger partial charge in [0.05, 0.1) is 11.1 Å². The van der Waals surface area contributed by atoms with Gasteiger partial charge in [-0.1, -0.05) is 23.7 Å². The van der Waals surface area contributed by atoms with Gasteiger partial charge in [0.15, 0.2) is 11.1 Å². The monoisotopic (exact) mass is 388 g/mol. The normalized spacial score (nSPS) is 11.9. The highest BCUT2D eigenvalue weighted by Crippen LogP contribution is 2.25. The van der Waals surface area contributed by atoms with Gasteiger partial charge in [0.2, 0.25) is 0 Å². The van der Waals surface area contributed by atoms with Crippen molar-refractivity contribution in [3.8, 4) is 11.5 Å². The first kappa shape index (κ1) is 18.5. The summed E-state index contributed by atoms with van der Waals surface area (Å²) in [5.74, 6) is 1.18. The first-order valence-electron chi connectivity index (χ1n) is 7.88. The van der Waals surface area contributed by atoms with E-state index in [0.29, 0.717) is 40.1 Å². The minimum absolute atomic E-state index is 0.354. The van der Waals surface area contributed by atoms with E-state index in [0.717, 1.165) is 5.56 Å². The zero-order valence-electron chi connectivity index (χ0n) is 13.8. The van der Waals surface area contributed by atoms with Crippen LogP contribution in [0.4, 0.5) is 0 Å². The third-order valence-electron chi connectivity index (χ3n) is 3.65. The van der Waals surface area contributed by atoms with E-state index in [-0.39, 0.29) is 0 Å². The van der Waals surface area contributed by atoms with Gasteiger partial charge in [-0.05, 0) is 53.6 Å². The standard InChI is InChI=1S/C19H17ClN2O3S/c20-16-5-3-14(4-6-16)11-22-12-15-10-17(7-8-19(15)26(23)24)25-18-2-1-9-21-13-18/h1-10,13,22H,11-12H2,(H,23,24). The second-order valence-electron chi connectivity index (χ2n) is 5.54. The Kier molecular flexibility index (Phi) is 6.35. The SMILES string of the molecule is O=S(O)c1ccc(Oc2cccnc2)cc1CNCc1ccc(Cl)cc1. The zero-order chi connectivity index (χ0) is 18.4. The molecule has 1 unspecified atom stereocenters. The number of ether oxygens (including phenoxy) is 1. The van der Waals surface area contributed by atoms with E-state index >= 15 is 0 Å². The molecule has 1 atom stereocenters. The van der Waals surface area contributed by atoms with Crippen LogP contribution in [0.15, 0.2) is 71.9 Å². The van der Waals surface area contributed by atoms with E-state index < -0.39 is 11.1 Å². The largest absolute Gasteiger partial charge is 0.456 e. The molecule has 2 aromatic carbocycles. The van der Waals surface area contributed by atoms with Crippen molar-refractivity contribution in [1.29, 1.82) is 0 Å². The molecule has 3 rings (SSSR count). The smallest absolute Gasteiger partial charge is 0.186 e. The summed E-state index contributed by atoms with van der Waals surface area (Å²) in [7, 11) is 0. The topological polar surface area (TPSA) is 71.5 Å². The van der Waals surface area contributed by atoms with Gasteiger partial charge in [0.1, 0.15) is 11.5 Å². The molecule has 5 nitrogen and oxygen atoms in total. The molecule has 0 aliphatic heterocycles. The molecule has 26 heavy (non-hydrogen) atoms. The van der Waals surface area contributed by atoms with Crippen LogP contribution in [0.2, 0.25) is 5.02 Å². The number of aromatic nitrogens is 1. The van der Waals surface area contributed by atoms with Crippen LogP contribution in [0.5, 0.6) is 11.5 Å². The first-order chi connectivity index (χ1) is 12.6. The minimum Gasteiger partial charge on any atom is -0.456 e. The van der Waals surface area contributed by atoms with Crippen molar-refractivity contribution in [1.82, 2.24) is 10.3 Å². The van der Waals surface area contributed by atoms with Crippen LogP contribution in [0.1, 0.15) is 11.1 Å². The highest BCUT2D eigenvalue weighted by molar-refractivity contribution is 7.79. The van der Waals surface area contributed by atoms with Gasteiger partial charge in [0, 0.05) is 24.3 Å². The van der Waals surface area contributed by atoms with Gasteiger partial charge in [-0.15, -0.1) is 0 Å². The predicted molar refractivity (Wildman–Crippen MR) is 102 cm³/mol. The molecule has 0 radical (unpaired) electrons. The molecule has 0 amide bonds. The van der Waals surface area contributed by atoms with Gasteiger partial charge in [0.25, 0.3) is 0 Å². The van der Waals surface area contributed by atoms with Crippen LogP contribution < -0.4 is 10.1 Å². The molecule has 3 aromatic rings. The minimum atomic E-state index is -2.07. The molecule has 0 saturated carbocycles. The van der Waals surface area contributed by atoms with Crippen LogP contribution >= 0.6 is 11.6 Å². The number of hydrogen-bond donors (Lipinski definition) is 2. The summed E-state index contributed by atoms with van der Waals surface area (Å²) in [6.07, 6.45) is 3.27. The molecule has 1 aromatic heterocycles. The second kappa shape index (κ2) is 8.91. The summed E-state index contributed by atoms with van der Waals surface area (Å²) in [5.41, 5.74) is 1.77. The highest BCUT2D eigenvalue weighted by Gasteiger charge is 2.10. The van der Waals surface area contributed by atoms with Crippen LogP contribution in [0.25, 0.3) is 0 Å². The molecule has 0 spiro atoms. The third kappa shape index (κ3) is 5.12. The summed E-state index contributed by atoms with van der Waals surface area (Å²) < 4.78 is 26.8. The maximum atomic E-state index is 11.6. The van der Waals surface area contributed by atoms with Crippen molar-refractivity contribution in [2.75, 3.05) is 0 Å². The van der Waals surface area contributed by atoms with E-state index in [4.69, 9.17) is 16.3 Å². The number of nitrogens with one attached hydrogen (secondary N) is 1. The third-order valence-corrected chi connectivity index (χ3v) is 4.67. The Balaban J connectivity index is 1.71. The zero-order valence-corrected chi connectivity index (χ0v) is 15.3. The lowest BCUT2D eigenvalue weighted by Gasteiger charge is -2.12. The summed E-state index contributed by atoms with van der Waals surface area (Å²) in [6, 6.07) is 16.1. The number of nitrogens with zero attached hydrogens (tertiary/aromatic N) is 1. The van der Waals surface area contributed by atoms with E-state index in [9.17, 15) is 8.76 Å². The molecule has 7 heteroatoms. The molecule has 0 fully saturated rings. The second-order valence-corrected chi connectivity index (χ2v) is 6.91. The van der Waals surface area contributed by atoms with Gasteiger partial charge in [-0.25, -0.2) is 4.21 Å². The molecular formula is C19H17ClN2O3S. The predicted octanol–water partition coefficient (Wildman–Crippen LogP) is 4.40. The lowest BCUT2D eigenvalue weighted by molar-refractivity contribution is 0.478. The molecule has 0 saturated heterocycles. The van der Waals surface area contributed by atoms with Gasteiger partial charge in [-0.3, -0.25) is 4.98 Å². The summed E-state index contributed by atoms with van der Waals surface area (Å²) in [5, 5.41) is 3.95. The van der Waals surface area contributed by atoms with Gasteiger partial charge in [-0.2, -0.15) is 0 Å². The van der Waals surface area contributed by atoms with Crippen molar-refractivity contribution in [3.05, 3.63) is 83.1 Å². The fourth-order valence-electron chi connectivity index (χ4n) is 2.42. The number of benzene rings is 2. The molecule has 1 heterocycles. The van der Waals surface area contributed by atoms with E-state index in [1.807, 2.05) is 24.3 Å². The maximum absolute atomic E-state index is 11.6. The van der Waals surface area contributed by atoms with Crippen LogP contribution in [-0.4, -0.2) is 13.7 Å². The molecule has 2 N–H and O–H groups in total. The molecule has 134 valence electrons. The van der Waals surface area contributed by atoms with Crippen molar-refractivity contribution in [2.45, 2.75) is 18.0 Å². The van der Waals surface area contributed by atoms with Crippen molar-refractivity contribution < 1.29 is 13.5 Å². The Labute approximate surface area is 159 Å². The lowest BCUT2D eigenvalue weighted by atomic mass is 10.2. The Morgan fingerprint density at radius 3 is 2.58 bits per heavy atom. The first-order valence-corrected chi connectivity index (χ1v) is 9.37. The van der Waals surface area contributed by atoms with Gasteiger partial charge >= 0.3 is 0 Å². The average Bonchev–Trinajstić information content (AvgIpc) is 2.64. The summed E-state index contributed by atoms with van der Waals surface area (Å²) in [6.45, 7) is 1.04. The maximum Gasteiger partial charge on any atom is 0.186 e. The Morgan fingerprint density at radius 2 is 1.88 bits per heavy atom. The Bertz CT molecular complexity index is 889. The summed E-state index contributed by atoms with van der Waals surface area (Å²) in [4.78, 5) is 4.36. The van der Waals surface area contributed by atoms with Crippen molar-refractivity contribution in [2.24, 2.45) is 0 Å². The molecular weight excluding hydrogens is 372 g/mol.